The lowest BCUT2D eigenvalue weighted by atomic mass is 10.1. The highest BCUT2D eigenvalue weighted by atomic mass is 35.5. The molecular formula is C19H18ClNO6. The number of carbonyl (C=O) groups excluding carboxylic acids is 2. The number of ether oxygens (including phenoxy) is 4. The van der Waals surface area contributed by atoms with E-state index in [1.807, 2.05) is 0 Å². The first-order valence-corrected chi connectivity index (χ1v) is 8.61. The van der Waals surface area contributed by atoms with E-state index in [4.69, 9.17) is 30.5 Å². The highest BCUT2D eigenvalue weighted by Gasteiger charge is 2.24. The molecule has 1 aliphatic rings. The Labute approximate surface area is 161 Å². The Kier molecular flexibility index (Phi) is 5.71. The lowest BCUT2D eigenvalue weighted by Gasteiger charge is -2.21. The van der Waals surface area contributed by atoms with Crippen LogP contribution in [-0.4, -0.2) is 38.3 Å². The first-order valence-electron chi connectivity index (χ1n) is 8.23. The van der Waals surface area contributed by atoms with Gasteiger partial charge in [0, 0.05) is 10.7 Å². The van der Waals surface area contributed by atoms with Gasteiger partial charge in [0.2, 0.25) is 5.75 Å². The number of fused-ring (bicyclic) bond motifs is 1. The Balaban J connectivity index is 1.69. The predicted octanol–water partition coefficient (Wildman–Crippen LogP) is 3.30. The van der Waals surface area contributed by atoms with Crippen LogP contribution in [0.3, 0.4) is 0 Å². The zero-order valence-electron chi connectivity index (χ0n) is 14.8. The lowest BCUT2D eigenvalue weighted by molar-refractivity contribution is -0.123. The number of anilines is 1. The van der Waals surface area contributed by atoms with Crippen LogP contribution in [0.1, 0.15) is 17.3 Å². The van der Waals surface area contributed by atoms with Gasteiger partial charge in [-0.2, -0.15) is 0 Å². The van der Waals surface area contributed by atoms with Crippen molar-refractivity contribution in [2.24, 2.45) is 0 Å². The summed E-state index contributed by atoms with van der Waals surface area (Å²) in [4.78, 5) is 24.7. The van der Waals surface area contributed by atoms with Gasteiger partial charge in [0.25, 0.3) is 5.91 Å². The average molecular weight is 392 g/mol. The van der Waals surface area contributed by atoms with E-state index in [1.165, 1.54) is 26.2 Å². The molecule has 2 aromatic rings. The van der Waals surface area contributed by atoms with Crippen molar-refractivity contribution in [3.63, 3.8) is 0 Å². The van der Waals surface area contributed by atoms with Crippen molar-refractivity contribution in [1.82, 2.24) is 0 Å². The fourth-order valence-electron chi connectivity index (χ4n) is 2.45. The van der Waals surface area contributed by atoms with E-state index in [9.17, 15) is 9.59 Å². The SMILES string of the molecule is COc1cc(C(=O)OC(C)C(=O)Nc2ccc(Cl)cc2)cc2c1OCCO2. The molecule has 0 bridgehead atoms. The molecule has 0 fully saturated rings. The van der Waals surface area contributed by atoms with Gasteiger partial charge in [0.05, 0.1) is 12.7 Å². The van der Waals surface area contributed by atoms with Crippen LogP contribution in [0.4, 0.5) is 5.69 Å². The minimum absolute atomic E-state index is 0.197. The molecule has 1 heterocycles. The van der Waals surface area contributed by atoms with E-state index >= 15 is 0 Å². The molecule has 0 aromatic heterocycles. The molecule has 1 aliphatic heterocycles. The van der Waals surface area contributed by atoms with Crippen LogP contribution in [0.2, 0.25) is 5.02 Å². The Bertz CT molecular complexity index is 835. The molecule has 1 atom stereocenters. The Morgan fingerprint density at radius 1 is 1.15 bits per heavy atom. The monoisotopic (exact) mass is 391 g/mol. The number of hydrogen-bond donors (Lipinski definition) is 1. The number of carbonyl (C=O) groups is 2. The standard InChI is InChI=1S/C19H18ClNO6/c1-11(18(22)21-14-5-3-13(20)4-6-14)27-19(23)12-9-15(24-2)17-16(10-12)25-7-8-26-17/h3-6,9-11H,7-8H2,1-2H3,(H,21,22). The van der Waals surface area contributed by atoms with Crippen LogP contribution in [0.5, 0.6) is 17.2 Å². The zero-order valence-corrected chi connectivity index (χ0v) is 15.5. The topological polar surface area (TPSA) is 83.1 Å². The molecule has 7 nitrogen and oxygen atoms in total. The summed E-state index contributed by atoms with van der Waals surface area (Å²) >= 11 is 5.81. The van der Waals surface area contributed by atoms with E-state index in [-0.39, 0.29) is 5.56 Å². The summed E-state index contributed by atoms with van der Waals surface area (Å²) in [6, 6.07) is 9.59. The fourth-order valence-corrected chi connectivity index (χ4v) is 2.58. The van der Waals surface area contributed by atoms with Crippen molar-refractivity contribution in [3.05, 3.63) is 47.0 Å². The molecule has 0 saturated carbocycles. The van der Waals surface area contributed by atoms with Crippen molar-refractivity contribution in [3.8, 4) is 17.2 Å². The molecule has 2 aromatic carbocycles. The number of hydrogen-bond acceptors (Lipinski definition) is 6. The molecular weight excluding hydrogens is 374 g/mol. The van der Waals surface area contributed by atoms with Crippen LogP contribution < -0.4 is 19.5 Å². The summed E-state index contributed by atoms with van der Waals surface area (Å²) in [6.07, 6.45) is -1.01. The number of methoxy groups -OCH3 is 1. The third-order valence-corrected chi connectivity index (χ3v) is 4.08. The van der Waals surface area contributed by atoms with E-state index in [0.29, 0.717) is 41.2 Å². The quantitative estimate of drug-likeness (QED) is 0.787. The largest absolute Gasteiger partial charge is 0.493 e. The molecule has 142 valence electrons. The van der Waals surface area contributed by atoms with E-state index in [0.717, 1.165) is 0 Å². The van der Waals surface area contributed by atoms with Crippen LogP contribution in [0.15, 0.2) is 36.4 Å². The van der Waals surface area contributed by atoms with Gasteiger partial charge in [-0.05, 0) is 43.3 Å². The predicted molar refractivity (Wildman–Crippen MR) is 98.9 cm³/mol. The molecule has 1 amide bonds. The second-order valence-corrected chi connectivity index (χ2v) is 6.18. The van der Waals surface area contributed by atoms with Crippen molar-refractivity contribution < 1.29 is 28.5 Å². The van der Waals surface area contributed by atoms with Gasteiger partial charge in [-0.15, -0.1) is 0 Å². The molecule has 1 N–H and O–H groups in total. The highest BCUT2D eigenvalue weighted by Crippen LogP contribution is 2.40. The summed E-state index contributed by atoms with van der Waals surface area (Å²) in [6.45, 7) is 2.25. The van der Waals surface area contributed by atoms with Crippen LogP contribution in [-0.2, 0) is 9.53 Å². The number of benzene rings is 2. The van der Waals surface area contributed by atoms with E-state index in [2.05, 4.69) is 5.32 Å². The molecule has 0 saturated heterocycles. The summed E-state index contributed by atoms with van der Waals surface area (Å²) in [5.74, 6) is 0.0521. The lowest BCUT2D eigenvalue weighted by Crippen LogP contribution is -2.30. The number of nitrogens with one attached hydrogen (secondary N) is 1. The Morgan fingerprint density at radius 2 is 1.85 bits per heavy atom. The Hall–Kier alpha value is -2.93. The Morgan fingerprint density at radius 3 is 2.56 bits per heavy atom. The minimum atomic E-state index is -1.01. The molecule has 0 radical (unpaired) electrons. The molecule has 0 aliphatic carbocycles. The average Bonchev–Trinajstić information content (AvgIpc) is 2.68. The number of halogens is 1. The molecule has 8 heteroatoms. The maximum Gasteiger partial charge on any atom is 0.339 e. The third kappa shape index (κ3) is 4.43. The van der Waals surface area contributed by atoms with Crippen LogP contribution >= 0.6 is 11.6 Å². The second kappa shape index (κ2) is 8.18. The summed E-state index contributed by atoms with van der Waals surface area (Å²) in [5, 5.41) is 3.21. The zero-order chi connectivity index (χ0) is 19.4. The van der Waals surface area contributed by atoms with Crippen LogP contribution in [0, 0.1) is 0 Å². The number of esters is 1. The summed E-state index contributed by atoms with van der Waals surface area (Å²) < 4.78 is 21.5. The van der Waals surface area contributed by atoms with Gasteiger partial charge in [-0.3, -0.25) is 4.79 Å². The van der Waals surface area contributed by atoms with Gasteiger partial charge in [0.15, 0.2) is 17.6 Å². The van der Waals surface area contributed by atoms with Crippen LogP contribution in [0.25, 0.3) is 0 Å². The molecule has 0 spiro atoms. The maximum absolute atomic E-state index is 12.4. The number of rotatable bonds is 5. The highest BCUT2D eigenvalue weighted by molar-refractivity contribution is 6.30. The van der Waals surface area contributed by atoms with Gasteiger partial charge in [-0.1, -0.05) is 11.6 Å². The second-order valence-electron chi connectivity index (χ2n) is 5.75. The summed E-state index contributed by atoms with van der Waals surface area (Å²) in [5.41, 5.74) is 0.746. The van der Waals surface area contributed by atoms with Gasteiger partial charge < -0.3 is 24.3 Å². The number of amides is 1. The maximum atomic E-state index is 12.4. The van der Waals surface area contributed by atoms with Crippen molar-refractivity contribution in [1.29, 1.82) is 0 Å². The molecule has 27 heavy (non-hydrogen) atoms. The molecule has 1 unspecified atom stereocenters. The minimum Gasteiger partial charge on any atom is -0.493 e. The van der Waals surface area contributed by atoms with Gasteiger partial charge in [-0.25, -0.2) is 4.79 Å². The van der Waals surface area contributed by atoms with Gasteiger partial charge in [0.1, 0.15) is 13.2 Å². The first kappa shape index (κ1) is 18.8. The van der Waals surface area contributed by atoms with Crippen molar-refractivity contribution in [2.75, 3.05) is 25.6 Å². The third-order valence-electron chi connectivity index (χ3n) is 3.83. The molecule has 3 rings (SSSR count). The fraction of sp³-hybridized carbons (Fsp3) is 0.263. The van der Waals surface area contributed by atoms with Crippen molar-refractivity contribution >= 4 is 29.2 Å². The normalized spacial score (nSPS) is 13.4. The van der Waals surface area contributed by atoms with Gasteiger partial charge >= 0.3 is 5.97 Å². The smallest absolute Gasteiger partial charge is 0.339 e. The first-order chi connectivity index (χ1) is 13.0. The van der Waals surface area contributed by atoms with E-state index < -0.39 is 18.0 Å². The van der Waals surface area contributed by atoms with E-state index in [1.54, 1.807) is 24.3 Å². The summed E-state index contributed by atoms with van der Waals surface area (Å²) in [7, 11) is 1.46. The van der Waals surface area contributed by atoms with Crippen molar-refractivity contribution in [2.45, 2.75) is 13.0 Å².